The summed E-state index contributed by atoms with van der Waals surface area (Å²) in [6.07, 6.45) is 4.01. The molecule has 2 aromatic rings. The van der Waals surface area contributed by atoms with E-state index >= 15 is 0 Å². The second kappa shape index (κ2) is 9.88. The first-order chi connectivity index (χ1) is 13.6. The molecule has 1 aliphatic rings. The Hall–Kier alpha value is -2.13. The second-order valence-corrected chi connectivity index (χ2v) is 8.12. The van der Waals surface area contributed by atoms with Gasteiger partial charge >= 0.3 is 0 Å². The summed E-state index contributed by atoms with van der Waals surface area (Å²) in [5.74, 6) is 0.288. The fraction of sp³-hybridized carbons (Fsp3) is 0.480. The quantitative estimate of drug-likeness (QED) is 0.725. The van der Waals surface area contributed by atoms with Gasteiger partial charge in [-0.2, -0.15) is 0 Å². The van der Waals surface area contributed by atoms with Crippen molar-refractivity contribution in [2.45, 2.75) is 65.1 Å². The highest BCUT2D eigenvalue weighted by molar-refractivity contribution is 5.79. The minimum absolute atomic E-state index is 0.0730. The molecule has 0 spiro atoms. The van der Waals surface area contributed by atoms with Crippen LogP contribution >= 0.6 is 0 Å². The number of amides is 1. The Morgan fingerprint density at radius 2 is 1.75 bits per heavy atom. The van der Waals surface area contributed by atoms with E-state index in [0.29, 0.717) is 6.04 Å². The Labute approximate surface area is 170 Å². The molecule has 0 radical (unpaired) electrons. The van der Waals surface area contributed by atoms with Crippen molar-refractivity contribution in [2.75, 3.05) is 6.54 Å². The van der Waals surface area contributed by atoms with Crippen LogP contribution in [0.5, 0.6) is 0 Å². The molecule has 1 fully saturated rings. The molecule has 1 amide bonds. The van der Waals surface area contributed by atoms with Gasteiger partial charge in [-0.25, -0.2) is 0 Å². The molecule has 0 bridgehead atoms. The Balaban J connectivity index is 1.77. The van der Waals surface area contributed by atoms with Crippen LogP contribution in [0.2, 0.25) is 0 Å². The average Bonchev–Trinajstić information content (AvgIpc) is 2.74. The van der Waals surface area contributed by atoms with Gasteiger partial charge in [-0.3, -0.25) is 9.69 Å². The Bertz CT molecular complexity index is 741. The fourth-order valence-corrected chi connectivity index (χ4v) is 4.07. The lowest BCUT2D eigenvalue weighted by molar-refractivity contribution is -0.128. The molecule has 1 heterocycles. The Morgan fingerprint density at radius 3 is 2.39 bits per heavy atom. The Kier molecular flexibility index (Phi) is 7.27. The van der Waals surface area contributed by atoms with Gasteiger partial charge in [-0.15, -0.1) is 0 Å². The van der Waals surface area contributed by atoms with Gasteiger partial charge < -0.3 is 5.32 Å². The first kappa shape index (κ1) is 20.6. The number of hydrogen-bond donors (Lipinski definition) is 1. The van der Waals surface area contributed by atoms with E-state index in [9.17, 15) is 4.79 Å². The molecule has 2 aromatic carbocycles. The molecule has 3 unspecified atom stereocenters. The number of hydrogen-bond acceptors (Lipinski definition) is 2. The number of carbonyl (C=O) groups excluding carboxylic acids is 1. The third-order valence-corrected chi connectivity index (χ3v) is 6.06. The van der Waals surface area contributed by atoms with Crippen LogP contribution in [0.4, 0.5) is 0 Å². The Morgan fingerprint density at radius 1 is 1.04 bits per heavy atom. The van der Waals surface area contributed by atoms with Crippen molar-refractivity contribution < 1.29 is 4.79 Å². The first-order valence-corrected chi connectivity index (χ1v) is 10.8. The van der Waals surface area contributed by atoms with Crippen LogP contribution in [0.3, 0.4) is 0 Å². The molecular weight excluding hydrogens is 344 g/mol. The topological polar surface area (TPSA) is 32.3 Å². The molecule has 3 atom stereocenters. The van der Waals surface area contributed by atoms with Crippen molar-refractivity contribution in [2.24, 2.45) is 5.92 Å². The van der Waals surface area contributed by atoms with Gasteiger partial charge in [-0.1, -0.05) is 68.4 Å². The third-order valence-electron chi connectivity index (χ3n) is 6.06. The van der Waals surface area contributed by atoms with E-state index in [-0.39, 0.29) is 17.9 Å². The van der Waals surface area contributed by atoms with Crippen LogP contribution in [0.1, 0.15) is 62.8 Å². The van der Waals surface area contributed by atoms with Crippen LogP contribution in [-0.2, 0) is 17.8 Å². The fourth-order valence-electron chi connectivity index (χ4n) is 4.07. The smallest absolute Gasteiger partial charge is 0.224 e. The number of likely N-dealkylation sites (tertiary alicyclic amines) is 1. The number of nitrogens with zero attached hydrogens (tertiary/aromatic N) is 1. The summed E-state index contributed by atoms with van der Waals surface area (Å²) in [6.45, 7) is 8.09. The van der Waals surface area contributed by atoms with Gasteiger partial charge in [0.2, 0.25) is 5.91 Å². The summed E-state index contributed by atoms with van der Waals surface area (Å²) < 4.78 is 0. The lowest BCUT2D eigenvalue weighted by Crippen LogP contribution is -2.46. The maximum atomic E-state index is 12.8. The summed E-state index contributed by atoms with van der Waals surface area (Å²) in [7, 11) is 0. The van der Waals surface area contributed by atoms with Gasteiger partial charge in [0.05, 0.1) is 5.92 Å². The van der Waals surface area contributed by atoms with Crippen molar-refractivity contribution in [3.63, 3.8) is 0 Å². The molecule has 1 aliphatic heterocycles. The van der Waals surface area contributed by atoms with E-state index in [4.69, 9.17) is 0 Å². The van der Waals surface area contributed by atoms with E-state index < -0.39 is 0 Å². The molecule has 1 N–H and O–H groups in total. The summed E-state index contributed by atoms with van der Waals surface area (Å²) >= 11 is 0. The summed E-state index contributed by atoms with van der Waals surface area (Å²) in [5.41, 5.74) is 4.05. The highest BCUT2D eigenvalue weighted by atomic mass is 16.2. The number of rotatable bonds is 7. The van der Waals surface area contributed by atoms with Crippen molar-refractivity contribution >= 4 is 5.91 Å². The molecule has 28 heavy (non-hydrogen) atoms. The molecule has 0 aliphatic carbocycles. The van der Waals surface area contributed by atoms with Crippen LogP contribution in [0.25, 0.3) is 0 Å². The van der Waals surface area contributed by atoms with Gasteiger partial charge in [0.15, 0.2) is 0 Å². The molecule has 150 valence electrons. The highest BCUT2D eigenvalue weighted by Crippen LogP contribution is 2.35. The standard InChI is InChI=1S/C25H34N2O/c1-4-19(3)26-25(28)23-15-16-24(22-13-11-20(5-2)12-14-22)27(18-23)17-21-9-7-6-8-10-21/h6-14,19,23-24H,4-5,15-18H2,1-3H3,(H,26,28). The molecule has 3 nitrogen and oxygen atoms in total. The van der Waals surface area contributed by atoms with E-state index in [2.05, 4.69) is 85.6 Å². The number of aryl methyl sites for hydroxylation is 1. The van der Waals surface area contributed by atoms with E-state index in [1.807, 2.05) is 0 Å². The molecule has 3 heteroatoms. The largest absolute Gasteiger partial charge is 0.353 e. The van der Waals surface area contributed by atoms with Gasteiger partial charge in [0.1, 0.15) is 0 Å². The minimum atomic E-state index is 0.0730. The van der Waals surface area contributed by atoms with Gasteiger partial charge in [0, 0.05) is 25.2 Å². The maximum Gasteiger partial charge on any atom is 0.224 e. The zero-order valence-electron chi connectivity index (χ0n) is 17.5. The van der Waals surface area contributed by atoms with Crippen LogP contribution in [0, 0.1) is 5.92 Å². The maximum absolute atomic E-state index is 12.8. The lowest BCUT2D eigenvalue weighted by Gasteiger charge is -2.40. The van der Waals surface area contributed by atoms with E-state index in [1.165, 1.54) is 16.7 Å². The van der Waals surface area contributed by atoms with Crippen LogP contribution in [-0.4, -0.2) is 23.4 Å². The minimum Gasteiger partial charge on any atom is -0.353 e. The number of carbonyl (C=O) groups is 1. The summed E-state index contributed by atoms with van der Waals surface area (Å²) in [5, 5.41) is 3.19. The molecular formula is C25H34N2O. The van der Waals surface area contributed by atoms with Crippen molar-refractivity contribution in [1.82, 2.24) is 10.2 Å². The molecule has 0 aromatic heterocycles. The summed E-state index contributed by atoms with van der Waals surface area (Å²) in [6, 6.07) is 20.3. The molecule has 3 rings (SSSR count). The molecule has 1 saturated heterocycles. The highest BCUT2D eigenvalue weighted by Gasteiger charge is 2.33. The predicted octanol–water partition coefficient (Wildman–Crippen LogP) is 5.12. The summed E-state index contributed by atoms with van der Waals surface area (Å²) in [4.78, 5) is 15.3. The van der Waals surface area contributed by atoms with Crippen molar-refractivity contribution in [3.8, 4) is 0 Å². The number of benzene rings is 2. The van der Waals surface area contributed by atoms with Crippen LogP contribution < -0.4 is 5.32 Å². The van der Waals surface area contributed by atoms with E-state index in [1.54, 1.807) is 0 Å². The van der Waals surface area contributed by atoms with Gasteiger partial charge in [-0.05, 0) is 49.3 Å². The third kappa shape index (κ3) is 5.23. The number of nitrogens with one attached hydrogen (secondary N) is 1. The van der Waals surface area contributed by atoms with Gasteiger partial charge in [0.25, 0.3) is 0 Å². The SMILES string of the molecule is CCc1ccc(C2CCC(C(=O)NC(C)CC)CN2Cc2ccccc2)cc1. The van der Waals surface area contributed by atoms with Crippen molar-refractivity contribution in [3.05, 3.63) is 71.3 Å². The molecule has 0 saturated carbocycles. The zero-order chi connectivity index (χ0) is 19.9. The second-order valence-electron chi connectivity index (χ2n) is 8.12. The lowest BCUT2D eigenvalue weighted by atomic mass is 9.87. The van der Waals surface area contributed by atoms with E-state index in [0.717, 1.165) is 38.8 Å². The van der Waals surface area contributed by atoms with Crippen LogP contribution in [0.15, 0.2) is 54.6 Å². The first-order valence-electron chi connectivity index (χ1n) is 10.8. The number of piperidine rings is 1. The predicted molar refractivity (Wildman–Crippen MR) is 116 cm³/mol. The average molecular weight is 379 g/mol. The monoisotopic (exact) mass is 378 g/mol. The van der Waals surface area contributed by atoms with Crippen molar-refractivity contribution in [1.29, 1.82) is 0 Å². The zero-order valence-corrected chi connectivity index (χ0v) is 17.5. The normalized spacial score (nSPS) is 21.2.